The Morgan fingerprint density at radius 2 is 1.86 bits per heavy atom. The molecule has 0 radical (unpaired) electrons. The first kappa shape index (κ1) is 24.6. The summed E-state index contributed by atoms with van der Waals surface area (Å²) in [6.45, 7) is 0.0762. The Labute approximate surface area is 195 Å². The van der Waals surface area contributed by atoms with Gasteiger partial charge in [0.15, 0.2) is 11.2 Å². The third kappa shape index (κ3) is 6.04. The zero-order valence-electron chi connectivity index (χ0n) is 17.9. The number of nitrogens with zero attached hydrogens (tertiary/aromatic N) is 3. The van der Waals surface area contributed by atoms with Gasteiger partial charge in [0.05, 0.1) is 29.6 Å². The van der Waals surface area contributed by atoms with E-state index in [2.05, 4.69) is 30.6 Å². The molecule has 1 unspecified atom stereocenters. The van der Waals surface area contributed by atoms with Crippen molar-refractivity contribution in [2.24, 2.45) is 5.73 Å². The van der Waals surface area contributed by atoms with E-state index in [1.165, 1.54) is 24.4 Å². The number of anilines is 2. The van der Waals surface area contributed by atoms with Crippen LogP contribution in [0.4, 0.5) is 11.6 Å². The molecule has 1 atom stereocenters. The average molecular weight is 484 g/mol. The van der Waals surface area contributed by atoms with Crippen LogP contribution in [0.2, 0.25) is 0 Å². The molecular weight excluding hydrogens is 464 g/mol. The number of primary amides is 1. The second kappa shape index (κ2) is 10.2. The van der Waals surface area contributed by atoms with E-state index in [9.17, 15) is 29.1 Å². The van der Waals surface area contributed by atoms with Crippen LogP contribution in [0.15, 0.2) is 29.2 Å². The maximum absolute atomic E-state index is 12.6. The summed E-state index contributed by atoms with van der Waals surface area (Å²) in [5, 5.41) is 23.1. The Balaban J connectivity index is 1.78. The molecule has 3 aromatic rings. The number of aromatic amines is 1. The molecule has 0 aliphatic carbocycles. The highest BCUT2D eigenvalue weighted by atomic mass is 16.4. The summed E-state index contributed by atoms with van der Waals surface area (Å²) in [6, 6.07) is 2.51. The number of hydrogen-bond acceptors (Lipinski definition) is 10. The second-order valence-electron chi connectivity index (χ2n) is 7.26. The zero-order chi connectivity index (χ0) is 25.7. The van der Waals surface area contributed by atoms with E-state index in [1.807, 2.05) is 0 Å². The van der Waals surface area contributed by atoms with Crippen LogP contribution in [0.1, 0.15) is 39.3 Å². The number of carbonyl (C=O) groups excluding carboxylic acids is 2. The summed E-state index contributed by atoms with van der Waals surface area (Å²) in [7, 11) is 0. The molecule has 2 amide bonds. The Kier molecular flexibility index (Phi) is 7.19. The molecular formula is C20H20N8O7. The number of carboxylic acids is 2. The Bertz CT molecular complexity index is 1390. The van der Waals surface area contributed by atoms with Gasteiger partial charge in [-0.3, -0.25) is 24.2 Å². The lowest BCUT2D eigenvalue weighted by Crippen LogP contribution is -2.41. The van der Waals surface area contributed by atoms with Crippen molar-refractivity contribution in [2.75, 3.05) is 11.1 Å². The standard InChI is InChI=1S/C20H20N8O7/c21-15(31)11-5-8(1-2-10(11)17(32)26-12(19(34)35)3-4-13(29)30)23-6-9-7-24-16-14(25-9)18(33)28-20(22)27-16/h1-2,5,7,12,23H,3-4,6H2,(H2,21,31)(H,26,32)(H,29,30)(H,34,35)(H3,22,24,27,28,33). The number of nitrogens with two attached hydrogens (primary N) is 2. The van der Waals surface area contributed by atoms with Crippen molar-refractivity contribution >= 4 is 46.6 Å². The molecule has 15 heteroatoms. The molecule has 0 saturated heterocycles. The average Bonchev–Trinajstić information content (AvgIpc) is 2.79. The number of aliphatic carboxylic acids is 2. The number of carbonyl (C=O) groups is 4. The van der Waals surface area contributed by atoms with Crippen LogP contribution in [-0.4, -0.2) is 59.9 Å². The van der Waals surface area contributed by atoms with Crippen molar-refractivity contribution in [1.29, 1.82) is 0 Å². The summed E-state index contributed by atoms with van der Waals surface area (Å²) in [4.78, 5) is 73.0. The number of benzene rings is 1. The van der Waals surface area contributed by atoms with Crippen LogP contribution in [0.3, 0.4) is 0 Å². The number of aromatic nitrogens is 4. The molecule has 0 spiro atoms. The second-order valence-corrected chi connectivity index (χ2v) is 7.26. The first-order valence-electron chi connectivity index (χ1n) is 9.99. The van der Waals surface area contributed by atoms with Crippen molar-refractivity contribution in [3.05, 3.63) is 51.6 Å². The fourth-order valence-corrected chi connectivity index (χ4v) is 3.07. The SMILES string of the molecule is NC(=O)c1cc(NCc2cnc3nc(N)[nH]c(=O)c3n2)ccc1C(=O)NC(CCC(=O)O)C(=O)O. The number of nitrogens with one attached hydrogen (secondary N) is 3. The predicted molar refractivity (Wildman–Crippen MR) is 120 cm³/mol. The minimum Gasteiger partial charge on any atom is -0.481 e. The maximum Gasteiger partial charge on any atom is 0.326 e. The number of nitrogen functional groups attached to an aromatic ring is 1. The molecule has 0 bridgehead atoms. The van der Waals surface area contributed by atoms with E-state index in [-0.39, 0.29) is 41.2 Å². The molecule has 0 aliphatic heterocycles. The van der Waals surface area contributed by atoms with Gasteiger partial charge < -0.3 is 32.3 Å². The number of hydrogen-bond donors (Lipinski definition) is 7. The van der Waals surface area contributed by atoms with Gasteiger partial charge in [-0.25, -0.2) is 14.8 Å². The van der Waals surface area contributed by atoms with E-state index < -0.39 is 41.8 Å². The minimum absolute atomic E-state index is 0.0146. The fourth-order valence-electron chi connectivity index (χ4n) is 3.07. The van der Waals surface area contributed by atoms with Crippen LogP contribution in [0, 0.1) is 0 Å². The number of H-pyrrole nitrogens is 1. The smallest absolute Gasteiger partial charge is 0.326 e. The normalized spacial score (nSPS) is 11.5. The van der Waals surface area contributed by atoms with E-state index in [0.717, 1.165) is 0 Å². The van der Waals surface area contributed by atoms with Gasteiger partial charge in [-0.05, 0) is 24.6 Å². The van der Waals surface area contributed by atoms with Gasteiger partial charge in [-0.2, -0.15) is 4.98 Å². The quantitative estimate of drug-likeness (QED) is 0.184. The Morgan fingerprint density at radius 3 is 2.51 bits per heavy atom. The highest BCUT2D eigenvalue weighted by molar-refractivity contribution is 6.08. The molecule has 9 N–H and O–H groups in total. The van der Waals surface area contributed by atoms with Gasteiger partial charge in [0.2, 0.25) is 11.9 Å². The molecule has 3 rings (SSSR count). The number of amides is 2. The first-order chi connectivity index (χ1) is 16.5. The summed E-state index contributed by atoms with van der Waals surface area (Å²) >= 11 is 0. The summed E-state index contributed by atoms with van der Waals surface area (Å²) in [5.41, 5.74) is 10.7. The largest absolute Gasteiger partial charge is 0.481 e. The fraction of sp³-hybridized carbons (Fsp3) is 0.200. The molecule has 15 nitrogen and oxygen atoms in total. The molecule has 35 heavy (non-hydrogen) atoms. The van der Waals surface area contributed by atoms with Crippen molar-refractivity contribution < 1.29 is 29.4 Å². The number of rotatable bonds is 10. The van der Waals surface area contributed by atoms with Gasteiger partial charge in [-0.15, -0.1) is 0 Å². The molecule has 0 saturated carbocycles. The molecule has 0 aliphatic rings. The molecule has 2 aromatic heterocycles. The summed E-state index contributed by atoms with van der Waals surface area (Å²) in [6.07, 6.45) is 0.552. The van der Waals surface area contributed by atoms with Gasteiger partial charge >= 0.3 is 11.9 Å². The van der Waals surface area contributed by atoms with Crippen molar-refractivity contribution in [3.8, 4) is 0 Å². The highest BCUT2D eigenvalue weighted by Crippen LogP contribution is 2.17. The van der Waals surface area contributed by atoms with E-state index >= 15 is 0 Å². The molecule has 2 heterocycles. The van der Waals surface area contributed by atoms with Crippen LogP contribution < -0.4 is 27.7 Å². The Hall–Kier alpha value is -5.08. The van der Waals surface area contributed by atoms with Crippen LogP contribution in [0.5, 0.6) is 0 Å². The van der Waals surface area contributed by atoms with Gasteiger partial charge in [0, 0.05) is 12.1 Å². The van der Waals surface area contributed by atoms with Crippen molar-refractivity contribution in [1.82, 2.24) is 25.3 Å². The maximum atomic E-state index is 12.6. The lowest BCUT2D eigenvalue weighted by molar-refractivity contribution is -0.140. The highest BCUT2D eigenvalue weighted by Gasteiger charge is 2.24. The molecule has 1 aromatic carbocycles. The van der Waals surface area contributed by atoms with Gasteiger partial charge in [0.1, 0.15) is 6.04 Å². The van der Waals surface area contributed by atoms with Crippen molar-refractivity contribution in [3.63, 3.8) is 0 Å². The van der Waals surface area contributed by atoms with E-state index in [4.69, 9.17) is 16.6 Å². The number of fused-ring (bicyclic) bond motifs is 1. The summed E-state index contributed by atoms with van der Waals surface area (Å²) < 4.78 is 0. The molecule has 182 valence electrons. The number of carboxylic acid groups (broad SMARTS) is 2. The Morgan fingerprint density at radius 1 is 1.11 bits per heavy atom. The summed E-state index contributed by atoms with van der Waals surface area (Å²) in [5.74, 6) is -4.60. The van der Waals surface area contributed by atoms with E-state index in [1.54, 1.807) is 0 Å². The monoisotopic (exact) mass is 484 g/mol. The third-order valence-electron chi connectivity index (χ3n) is 4.74. The predicted octanol–water partition coefficient (Wildman–Crippen LogP) is -0.946. The molecule has 0 fully saturated rings. The van der Waals surface area contributed by atoms with Gasteiger partial charge in [0.25, 0.3) is 11.5 Å². The van der Waals surface area contributed by atoms with Crippen LogP contribution >= 0.6 is 0 Å². The zero-order valence-corrected chi connectivity index (χ0v) is 17.9. The lowest BCUT2D eigenvalue weighted by atomic mass is 10.0. The topological polar surface area (TPSA) is 256 Å². The van der Waals surface area contributed by atoms with Gasteiger partial charge in [-0.1, -0.05) is 0 Å². The lowest BCUT2D eigenvalue weighted by Gasteiger charge is -2.15. The van der Waals surface area contributed by atoms with Crippen molar-refractivity contribution in [2.45, 2.75) is 25.4 Å². The van der Waals surface area contributed by atoms with Crippen LogP contribution in [-0.2, 0) is 16.1 Å². The first-order valence-corrected chi connectivity index (χ1v) is 9.99. The third-order valence-corrected chi connectivity index (χ3v) is 4.74. The minimum atomic E-state index is -1.48. The van der Waals surface area contributed by atoms with E-state index in [0.29, 0.717) is 11.4 Å². The van der Waals surface area contributed by atoms with Crippen LogP contribution in [0.25, 0.3) is 11.2 Å².